The molecule has 0 atom stereocenters. The molecule has 1 fully saturated rings. The monoisotopic (exact) mass is 367 g/mol. The second-order valence-electron chi connectivity index (χ2n) is 5.13. The van der Waals surface area contributed by atoms with Crippen LogP contribution in [0.2, 0.25) is 5.15 Å². The van der Waals surface area contributed by atoms with Gasteiger partial charge in [0.25, 0.3) is 0 Å². The smallest absolute Gasteiger partial charge is 0.409 e. The molecule has 1 N–H and O–H groups in total. The van der Waals surface area contributed by atoms with E-state index in [-0.39, 0.29) is 34.7 Å². The molecule has 2 rings (SSSR count). The second kappa shape index (κ2) is 8.48. The zero-order chi connectivity index (χ0) is 18.4. The standard InChI is InChI=1S/C16H18ClN3O5/c1-3-25-15(22)12(13(21)11-5-4-6-18-14(11)17)7-19-10-8-20(9-10)16(23)24-2/h4-7,10,21H,3,8-9H2,1-2H3. The molecule has 1 aromatic heterocycles. The fourth-order valence-electron chi connectivity index (χ4n) is 2.13. The maximum atomic E-state index is 12.1. The van der Waals surface area contributed by atoms with E-state index in [9.17, 15) is 14.7 Å². The average molecular weight is 368 g/mol. The minimum absolute atomic E-state index is 0.0516. The number of likely N-dealkylation sites (tertiary alicyclic amines) is 1. The topological polar surface area (TPSA) is 101 Å². The number of amides is 1. The summed E-state index contributed by atoms with van der Waals surface area (Å²) in [6.45, 7) is 2.53. The summed E-state index contributed by atoms with van der Waals surface area (Å²) >= 11 is 5.96. The summed E-state index contributed by atoms with van der Waals surface area (Å²) in [6.07, 6.45) is 2.26. The molecular formula is C16H18ClN3O5. The molecule has 0 unspecified atom stereocenters. The lowest BCUT2D eigenvalue weighted by Crippen LogP contribution is -2.52. The average Bonchev–Trinajstić information content (AvgIpc) is 2.56. The van der Waals surface area contributed by atoms with Gasteiger partial charge in [-0.2, -0.15) is 0 Å². The number of aliphatic hydroxyl groups excluding tert-OH is 1. The summed E-state index contributed by atoms with van der Waals surface area (Å²) in [5.41, 5.74) is 0.0664. The first kappa shape index (κ1) is 18.7. The third-order valence-electron chi connectivity index (χ3n) is 3.47. The van der Waals surface area contributed by atoms with E-state index in [4.69, 9.17) is 16.3 Å². The van der Waals surface area contributed by atoms with Crippen molar-refractivity contribution in [1.82, 2.24) is 9.88 Å². The van der Waals surface area contributed by atoms with E-state index in [1.165, 1.54) is 30.5 Å². The molecule has 25 heavy (non-hydrogen) atoms. The minimum Gasteiger partial charge on any atom is -0.506 e. The van der Waals surface area contributed by atoms with E-state index in [1.54, 1.807) is 13.0 Å². The van der Waals surface area contributed by atoms with Crippen LogP contribution >= 0.6 is 11.6 Å². The molecule has 134 valence electrons. The van der Waals surface area contributed by atoms with Gasteiger partial charge in [0.2, 0.25) is 0 Å². The number of ether oxygens (including phenoxy) is 2. The van der Waals surface area contributed by atoms with E-state index >= 15 is 0 Å². The maximum Gasteiger partial charge on any atom is 0.409 e. The maximum absolute atomic E-state index is 12.1. The first-order chi connectivity index (χ1) is 12.0. The molecule has 1 amide bonds. The summed E-state index contributed by atoms with van der Waals surface area (Å²) in [7, 11) is 1.30. The van der Waals surface area contributed by atoms with Crippen LogP contribution in [0.3, 0.4) is 0 Å². The number of aliphatic imine (C=N–C) groups is 1. The van der Waals surface area contributed by atoms with Gasteiger partial charge < -0.3 is 19.5 Å². The number of halogens is 1. The first-order valence-electron chi connectivity index (χ1n) is 7.55. The molecule has 1 saturated heterocycles. The second-order valence-corrected chi connectivity index (χ2v) is 5.49. The van der Waals surface area contributed by atoms with Gasteiger partial charge in [0.1, 0.15) is 16.5 Å². The Morgan fingerprint density at radius 2 is 2.24 bits per heavy atom. The molecule has 0 radical (unpaired) electrons. The Kier molecular flexibility index (Phi) is 6.35. The third-order valence-corrected chi connectivity index (χ3v) is 3.78. The number of methoxy groups -OCH3 is 1. The predicted molar refractivity (Wildman–Crippen MR) is 91.7 cm³/mol. The van der Waals surface area contributed by atoms with Crippen molar-refractivity contribution in [2.45, 2.75) is 13.0 Å². The fraction of sp³-hybridized carbons (Fsp3) is 0.375. The van der Waals surface area contributed by atoms with Gasteiger partial charge in [-0.05, 0) is 19.1 Å². The van der Waals surface area contributed by atoms with E-state index in [1.807, 2.05) is 0 Å². The Hall–Kier alpha value is -2.61. The van der Waals surface area contributed by atoms with Crippen LogP contribution in [0.5, 0.6) is 0 Å². The normalized spacial score (nSPS) is 15.6. The zero-order valence-corrected chi connectivity index (χ0v) is 14.6. The molecule has 0 aromatic carbocycles. The lowest BCUT2D eigenvalue weighted by atomic mass is 10.1. The van der Waals surface area contributed by atoms with Crippen LogP contribution in [-0.4, -0.2) is 66.1 Å². The number of carbonyl (C=O) groups excluding carboxylic acids is 2. The molecule has 0 bridgehead atoms. The number of aliphatic hydroxyl groups is 1. The Morgan fingerprint density at radius 3 is 2.84 bits per heavy atom. The van der Waals surface area contributed by atoms with Crippen molar-refractivity contribution in [2.75, 3.05) is 26.8 Å². The molecule has 1 aliphatic heterocycles. The van der Waals surface area contributed by atoms with E-state index in [0.29, 0.717) is 13.1 Å². The van der Waals surface area contributed by atoms with Crippen LogP contribution < -0.4 is 0 Å². The van der Waals surface area contributed by atoms with E-state index in [0.717, 1.165) is 0 Å². The van der Waals surface area contributed by atoms with Crippen molar-refractivity contribution in [1.29, 1.82) is 0 Å². The van der Waals surface area contributed by atoms with Crippen molar-refractivity contribution in [3.05, 3.63) is 34.6 Å². The molecule has 0 aliphatic carbocycles. The molecular weight excluding hydrogens is 350 g/mol. The summed E-state index contributed by atoms with van der Waals surface area (Å²) in [5.74, 6) is -1.10. The Morgan fingerprint density at radius 1 is 1.52 bits per heavy atom. The van der Waals surface area contributed by atoms with Gasteiger partial charge in [0.05, 0.1) is 25.3 Å². The molecule has 0 saturated carbocycles. The number of aromatic nitrogens is 1. The summed E-state index contributed by atoms with van der Waals surface area (Å²) in [5, 5.41) is 10.5. The number of hydrogen-bond acceptors (Lipinski definition) is 7. The molecule has 0 spiro atoms. The van der Waals surface area contributed by atoms with Gasteiger partial charge in [-0.25, -0.2) is 14.6 Å². The van der Waals surface area contributed by atoms with Gasteiger partial charge in [-0.15, -0.1) is 0 Å². The largest absolute Gasteiger partial charge is 0.506 e. The first-order valence-corrected chi connectivity index (χ1v) is 7.93. The van der Waals surface area contributed by atoms with Crippen molar-refractivity contribution in [3.63, 3.8) is 0 Å². The van der Waals surface area contributed by atoms with E-state index < -0.39 is 12.1 Å². The highest BCUT2D eigenvalue weighted by molar-refractivity contribution is 6.31. The van der Waals surface area contributed by atoms with Crippen molar-refractivity contribution in [2.24, 2.45) is 4.99 Å². The number of pyridine rings is 1. The van der Waals surface area contributed by atoms with Crippen LogP contribution in [0.25, 0.3) is 5.76 Å². The van der Waals surface area contributed by atoms with Gasteiger partial charge in [0, 0.05) is 25.5 Å². The minimum atomic E-state index is -0.729. The predicted octanol–water partition coefficient (Wildman–Crippen LogP) is 2.09. The molecule has 8 nitrogen and oxygen atoms in total. The summed E-state index contributed by atoms with van der Waals surface area (Å²) in [4.78, 5) is 33.0. The summed E-state index contributed by atoms with van der Waals surface area (Å²) < 4.78 is 9.55. The Balaban J connectivity index is 2.21. The van der Waals surface area contributed by atoms with Crippen LogP contribution in [0.4, 0.5) is 4.79 Å². The van der Waals surface area contributed by atoms with Crippen molar-refractivity contribution < 1.29 is 24.2 Å². The number of rotatable bonds is 5. The van der Waals surface area contributed by atoms with Crippen molar-refractivity contribution in [3.8, 4) is 0 Å². The molecule has 1 aromatic rings. The van der Waals surface area contributed by atoms with Crippen LogP contribution in [0.1, 0.15) is 12.5 Å². The number of carbonyl (C=O) groups is 2. The molecule has 1 aliphatic rings. The van der Waals surface area contributed by atoms with Crippen LogP contribution in [-0.2, 0) is 14.3 Å². The Labute approximate surface area is 149 Å². The van der Waals surface area contributed by atoms with Gasteiger partial charge in [-0.1, -0.05) is 11.6 Å². The third kappa shape index (κ3) is 4.48. The van der Waals surface area contributed by atoms with E-state index in [2.05, 4.69) is 14.7 Å². The zero-order valence-electron chi connectivity index (χ0n) is 13.8. The highest BCUT2D eigenvalue weighted by Crippen LogP contribution is 2.23. The summed E-state index contributed by atoms with van der Waals surface area (Å²) in [6, 6.07) is 2.91. The lowest BCUT2D eigenvalue weighted by Gasteiger charge is -2.35. The highest BCUT2D eigenvalue weighted by Gasteiger charge is 2.31. The number of esters is 1. The van der Waals surface area contributed by atoms with Crippen molar-refractivity contribution >= 4 is 35.6 Å². The van der Waals surface area contributed by atoms with Gasteiger partial charge in [-0.3, -0.25) is 4.99 Å². The van der Waals surface area contributed by atoms with Crippen LogP contribution in [0, 0.1) is 0 Å². The molecule has 9 heteroatoms. The number of nitrogens with zero attached hydrogens (tertiary/aromatic N) is 3. The SMILES string of the molecule is CCOC(=O)C(C=NC1CN(C(=O)OC)C1)=C(O)c1cccnc1Cl. The molecule has 2 heterocycles. The van der Waals surface area contributed by atoms with Crippen LogP contribution in [0.15, 0.2) is 28.9 Å². The van der Waals surface area contributed by atoms with Gasteiger partial charge >= 0.3 is 12.1 Å². The van der Waals surface area contributed by atoms with Gasteiger partial charge in [0.15, 0.2) is 0 Å². The highest BCUT2D eigenvalue weighted by atomic mass is 35.5. The lowest BCUT2D eigenvalue weighted by molar-refractivity contribution is -0.137. The Bertz CT molecular complexity index is 713. The quantitative estimate of drug-likeness (QED) is 0.281. The fourth-order valence-corrected chi connectivity index (χ4v) is 2.34. The number of hydrogen-bond donors (Lipinski definition) is 1.